The first-order chi connectivity index (χ1) is 10.5. The van der Waals surface area contributed by atoms with Crippen LogP contribution in [0, 0.1) is 11.6 Å². The van der Waals surface area contributed by atoms with Crippen LogP contribution in [0.25, 0.3) is 0 Å². The van der Waals surface area contributed by atoms with Crippen molar-refractivity contribution in [3.05, 3.63) is 51.7 Å². The summed E-state index contributed by atoms with van der Waals surface area (Å²) in [5, 5.41) is 7.60. The number of carbonyl (C=O) groups is 1. The highest BCUT2D eigenvalue weighted by Gasteiger charge is 2.26. The van der Waals surface area contributed by atoms with Crippen molar-refractivity contribution in [3.8, 4) is 0 Å². The lowest BCUT2D eigenvalue weighted by Crippen LogP contribution is -2.34. The summed E-state index contributed by atoms with van der Waals surface area (Å²) >= 11 is 5.72. The van der Waals surface area contributed by atoms with Gasteiger partial charge in [0.15, 0.2) is 11.0 Å². The van der Waals surface area contributed by atoms with Crippen molar-refractivity contribution in [2.24, 2.45) is 5.73 Å². The summed E-state index contributed by atoms with van der Waals surface area (Å²) in [6.45, 7) is 0.444. The van der Waals surface area contributed by atoms with Crippen molar-refractivity contribution >= 4 is 23.3 Å². The molecule has 3 rings (SSSR count). The molecule has 0 fully saturated rings. The van der Waals surface area contributed by atoms with Crippen LogP contribution in [0.1, 0.15) is 21.5 Å². The van der Waals surface area contributed by atoms with Crippen molar-refractivity contribution in [3.63, 3.8) is 0 Å². The number of benzene rings is 1. The van der Waals surface area contributed by atoms with E-state index in [9.17, 15) is 13.6 Å². The highest BCUT2D eigenvalue weighted by molar-refractivity contribution is 6.29. The molecule has 2 N–H and O–H groups in total. The number of nitrogens with two attached hydrogens (primary N) is 1. The molecule has 1 aromatic carbocycles. The summed E-state index contributed by atoms with van der Waals surface area (Å²) < 4.78 is 27.7. The van der Waals surface area contributed by atoms with Crippen LogP contribution < -0.4 is 10.6 Å². The molecule has 0 bridgehead atoms. The first-order valence-corrected chi connectivity index (χ1v) is 6.89. The normalized spacial score (nSPS) is 13.9. The van der Waals surface area contributed by atoms with E-state index < -0.39 is 17.5 Å². The minimum atomic E-state index is -0.711. The van der Waals surface area contributed by atoms with Crippen molar-refractivity contribution in [2.45, 2.75) is 13.0 Å². The summed E-state index contributed by atoms with van der Waals surface area (Å²) in [5.41, 5.74) is 6.00. The molecule has 0 saturated heterocycles. The number of aromatic nitrogens is 2. The van der Waals surface area contributed by atoms with E-state index in [1.165, 1.54) is 6.07 Å². The Kier molecular flexibility index (Phi) is 3.66. The molecule has 2 aromatic rings. The van der Waals surface area contributed by atoms with Gasteiger partial charge in [-0.05, 0) is 30.2 Å². The van der Waals surface area contributed by atoms with Crippen molar-refractivity contribution in [1.82, 2.24) is 10.2 Å². The first-order valence-electron chi connectivity index (χ1n) is 6.51. The molecule has 0 saturated carbocycles. The van der Waals surface area contributed by atoms with E-state index in [4.69, 9.17) is 17.3 Å². The predicted molar refractivity (Wildman–Crippen MR) is 76.7 cm³/mol. The van der Waals surface area contributed by atoms with Gasteiger partial charge in [0.1, 0.15) is 11.6 Å². The lowest BCUT2D eigenvalue weighted by Gasteiger charge is -2.30. The number of halogens is 3. The van der Waals surface area contributed by atoms with E-state index in [1.807, 2.05) is 0 Å². The number of nitrogens with zero attached hydrogens (tertiary/aromatic N) is 3. The topological polar surface area (TPSA) is 72.1 Å². The second kappa shape index (κ2) is 5.49. The molecule has 1 aliphatic rings. The SMILES string of the molecule is NC(=O)c1cc(Cl)nnc1N1CCc2c(F)ccc(F)c2C1. The number of rotatable bonds is 2. The second-order valence-electron chi connectivity index (χ2n) is 4.93. The van der Waals surface area contributed by atoms with Crippen LogP contribution in [-0.4, -0.2) is 22.6 Å². The lowest BCUT2D eigenvalue weighted by atomic mass is 9.98. The van der Waals surface area contributed by atoms with Gasteiger partial charge in [0.2, 0.25) is 0 Å². The van der Waals surface area contributed by atoms with E-state index in [-0.39, 0.29) is 28.6 Å². The molecule has 0 aliphatic carbocycles. The van der Waals surface area contributed by atoms with Gasteiger partial charge in [0, 0.05) is 18.7 Å². The highest BCUT2D eigenvalue weighted by Crippen LogP contribution is 2.29. The second-order valence-corrected chi connectivity index (χ2v) is 5.31. The Balaban J connectivity index is 2.02. The summed E-state index contributed by atoms with van der Waals surface area (Å²) in [5.74, 6) is -1.43. The fourth-order valence-electron chi connectivity index (χ4n) is 2.55. The van der Waals surface area contributed by atoms with Crippen LogP contribution in [0.4, 0.5) is 14.6 Å². The zero-order valence-electron chi connectivity index (χ0n) is 11.3. The number of primary amides is 1. The Morgan fingerprint density at radius 3 is 2.59 bits per heavy atom. The third-order valence-electron chi connectivity index (χ3n) is 3.61. The molecular formula is C14H11ClF2N4O. The standard InChI is InChI=1S/C14H11ClF2N4O/c15-12-5-8(13(18)22)14(20-19-12)21-4-3-7-9(6-21)11(17)2-1-10(7)16/h1-2,5H,3-4,6H2,(H2,18,22). The maximum absolute atomic E-state index is 13.9. The van der Waals surface area contributed by atoms with E-state index in [2.05, 4.69) is 10.2 Å². The van der Waals surface area contributed by atoms with Crippen LogP contribution in [0.2, 0.25) is 5.15 Å². The van der Waals surface area contributed by atoms with Gasteiger partial charge in [-0.3, -0.25) is 4.79 Å². The van der Waals surface area contributed by atoms with Crippen molar-refractivity contribution in [1.29, 1.82) is 0 Å². The van der Waals surface area contributed by atoms with E-state index >= 15 is 0 Å². The average Bonchev–Trinajstić information content (AvgIpc) is 2.50. The molecule has 1 aromatic heterocycles. The third kappa shape index (κ3) is 2.48. The molecule has 2 heterocycles. The first kappa shape index (κ1) is 14.6. The van der Waals surface area contributed by atoms with E-state index in [0.29, 0.717) is 18.5 Å². The lowest BCUT2D eigenvalue weighted by molar-refractivity contribution is 0.1000. The summed E-state index contributed by atoms with van der Waals surface area (Å²) in [6.07, 6.45) is 0.293. The molecule has 0 spiro atoms. The van der Waals surface area contributed by atoms with Gasteiger partial charge in [0.25, 0.3) is 5.91 Å². The Morgan fingerprint density at radius 1 is 1.23 bits per heavy atom. The number of anilines is 1. The summed E-state index contributed by atoms with van der Waals surface area (Å²) in [7, 11) is 0. The zero-order valence-corrected chi connectivity index (χ0v) is 12.1. The molecule has 0 atom stereocenters. The predicted octanol–water partition coefficient (Wildman–Crippen LogP) is 2.07. The maximum atomic E-state index is 13.9. The van der Waals surface area contributed by atoms with Crippen LogP contribution in [0.15, 0.2) is 18.2 Å². The Hall–Kier alpha value is -2.28. The largest absolute Gasteiger partial charge is 0.365 e. The van der Waals surface area contributed by atoms with Gasteiger partial charge in [-0.2, -0.15) is 0 Å². The van der Waals surface area contributed by atoms with Gasteiger partial charge in [0.05, 0.1) is 5.56 Å². The molecule has 0 unspecified atom stereocenters. The van der Waals surface area contributed by atoms with Crippen LogP contribution in [0.3, 0.4) is 0 Å². The Labute approximate surface area is 129 Å². The third-order valence-corrected chi connectivity index (χ3v) is 3.79. The van der Waals surface area contributed by atoms with Gasteiger partial charge in [-0.15, -0.1) is 10.2 Å². The number of hydrogen-bond donors (Lipinski definition) is 1. The number of hydrogen-bond acceptors (Lipinski definition) is 4. The van der Waals surface area contributed by atoms with Gasteiger partial charge in [-0.1, -0.05) is 11.6 Å². The molecular weight excluding hydrogens is 314 g/mol. The monoisotopic (exact) mass is 324 g/mol. The molecule has 8 heteroatoms. The Bertz CT molecular complexity index is 769. The zero-order chi connectivity index (χ0) is 15.9. The molecule has 1 amide bonds. The molecule has 114 valence electrons. The highest BCUT2D eigenvalue weighted by atomic mass is 35.5. The van der Waals surface area contributed by atoms with Gasteiger partial charge in [-0.25, -0.2) is 8.78 Å². The number of fused-ring (bicyclic) bond motifs is 1. The quantitative estimate of drug-likeness (QED) is 0.918. The molecule has 5 nitrogen and oxygen atoms in total. The fraction of sp³-hybridized carbons (Fsp3) is 0.214. The number of amides is 1. The van der Waals surface area contributed by atoms with Gasteiger partial charge >= 0.3 is 0 Å². The molecule has 0 radical (unpaired) electrons. The van der Waals surface area contributed by atoms with Crippen molar-refractivity contribution < 1.29 is 13.6 Å². The average molecular weight is 325 g/mol. The summed E-state index contributed by atoms with van der Waals surface area (Å²) in [4.78, 5) is 13.2. The minimum Gasteiger partial charge on any atom is -0.365 e. The van der Waals surface area contributed by atoms with Crippen LogP contribution in [0.5, 0.6) is 0 Å². The van der Waals surface area contributed by atoms with Crippen LogP contribution >= 0.6 is 11.6 Å². The minimum absolute atomic E-state index is 0.0344. The van der Waals surface area contributed by atoms with E-state index in [1.54, 1.807) is 4.90 Å². The number of carbonyl (C=O) groups excluding carboxylic acids is 1. The maximum Gasteiger partial charge on any atom is 0.252 e. The van der Waals surface area contributed by atoms with Gasteiger partial charge < -0.3 is 10.6 Å². The molecule has 1 aliphatic heterocycles. The molecule has 22 heavy (non-hydrogen) atoms. The van der Waals surface area contributed by atoms with E-state index in [0.717, 1.165) is 12.1 Å². The smallest absolute Gasteiger partial charge is 0.252 e. The Morgan fingerprint density at radius 2 is 1.91 bits per heavy atom. The fourth-order valence-corrected chi connectivity index (χ4v) is 2.70. The van der Waals surface area contributed by atoms with Crippen LogP contribution in [-0.2, 0) is 13.0 Å². The van der Waals surface area contributed by atoms with Crippen molar-refractivity contribution in [2.75, 3.05) is 11.4 Å². The summed E-state index contributed by atoms with van der Waals surface area (Å²) in [6, 6.07) is 3.50.